The molecule has 0 unspecified atom stereocenters. The molecule has 5 heteroatoms. The number of nitrogens with zero attached hydrogens (tertiary/aromatic N) is 1. The van der Waals surface area contributed by atoms with E-state index in [9.17, 15) is 4.79 Å². The Kier molecular flexibility index (Phi) is 4.95. The fourth-order valence-corrected chi connectivity index (χ4v) is 4.73. The summed E-state index contributed by atoms with van der Waals surface area (Å²) in [6, 6.07) is 12.5. The minimum atomic E-state index is -0.0939. The largest absolute Gasteiger partial charge is 0.297 e. The monoisotopic (exact) mass is 368 g/mol. The normalized spacial score (nSPS) is 15.2. The fourth-order valence-electron chi connectivity index (χ4n) is 3.39. The number of nitrogens with one attached hydrogen (secondary N) is 1. The summed E-state index contributed by atoms with van der Waals surface area (Å²) in [7, 11) is 0. The molecule has 2 heterocycles. The molecule has 3 nitrogen and oxygen atoms in total. The van der Waals surface area contributed by atoms with Crippen LogP contribution in [-0.4, -0.2) is 10.9 Å². The molecule has 0 saturated heterocycles. The van der Waals surface area contributed by atoms with E-state index in [0.29, 0.717) is 10.0 Å². The van der Waals surface area contributed by atoms with Crippen molar-refractivity contribution in [2.24, 2.45) is 0 Å². The lowest BCUT2D eigenvalue weighted by Crippen LogP contribution is -2.09. The number of carbonyl (C=O) groups excluding carboxylic acids is 1. The zero-order chi connectivity index (χ0) is 17.1. The van der Waals surface area contributed by atoms with Crippen LogP contribution in [0.4, 0.5) is 5.13 Å². The number of carbonyl (C=O) groups is 1. The second-order valence-corrected chi connectivity index (χ2v) is 8.23. The number of aromatic nitrogens is 1. The van der Waals surface area contributed by atoms with Crippen LogP contribution in [0.25, 0.3) is 11.3 Å². The Morgan fingerprint density at radius 2 is 1.84 bits per heavy atom. The molecule has 4 rings (SSSR count). The quantitative estimate of drug-likeness (QED) is 0.598. The number of hydrogen-bond acceptors (Lipinski definition) is 4. The highest BCUT2D eigenvalue weighted by Gasteiger charge is 2.16. The van der Waals surface area contributed by atoms with E-state index in [0.717, 1.165) is 17.2 Å². The molecule has 0 spiro atoms. The van der Waals surface area contributed by atoms with Gasteiger partial charge in [0.25, 0.3) is 5.91 Å². The zero-order valence-corrected chi connectivity index (χ0v) is 15.5. The predicted octanol–water partition coefficient (Wildman–Crippen LogP) is 6.17. The van der Waals surface area contributed by atoms with Gasteiger partial charge in [0.2, 0.25) is 0 Å². The van der Waals surface area contributed by atoms with Gasteiger partial charge in [-0.2, -0.15) is 0 Å². The van der Waals surface area contributed by atoms with Crippen molar-refractivity contribution in [1.29, 1.82) is 0 Å². The summed E-state index contributed by atoms with van der Waals surface area (Å²) >= 11 is 2.90. The third-order valence-electron chi connectivity index (χ3n) is 4.75. The Labute approximate surface area is 155 Å². The molecule has 1 saturated carbocycles. The Hall–Kier alpha value is -1.98. The average molecular weight is 369 g/mol. The molecule has 2 aromatic heterocycles. The number of rotatable bonds is 4. The maximum atomic E-state index is 12.1. The van der Waals surface area contributed by atoms with Gasteiger partial charge in [0.15, 0.2) is 5.13 Å². The highest BCUT2D eigenvalue weighted by atomic mass is 32.1. The van der Waals surface area contributed by atoms with Crippen LogP contribution in [0.3, 0.4) is 0 Å². The van der Waals surface area contributed by atoms with Gasteiger partial charge in [0, 0.05) is 10.9 Å². The molecule has 3 aromatic rings. The molecule has 0 atom stereocenters. The standard InChI is InChI=1S/C20H20N2OS2/c23-19(18-7-4-12-24-18)22-20-21-17(13-25-20)16-10-8-15(9-11-16)14-5-2-1-3-6-14/h4,7-14H,1-3,5-6H2,(H,21,22,23). The molecule has 1 N–H and O–H groups in total. The minimum Gasteiger partial charge on any atom is -0.297 e. The van der Waals surface area contributed by atoms with E-state index >= 15 is 0 Å². The molecule has 25 heavy (non-hydrogen) atoms. The molecule has 0 bridgehead atoms. The maximum absolute atomic E-state index is 12.1. The van der Waals surface area contributed by atoms with Gasteiger partial charge in [-0.25, -0.2) is 4.98 Å². The lowest BCUT2D eigenvalue weighted by atomic mass is 9.84. The molecular formula is C20H20N2OS2. The Balaban J connectivity index is 1.45. The van der Waals surface area contributed by atoms with E-state index in [1.165, 1.54) is 60.3 Å². The van der Waals surface area contributed by atoms with Crippen LogP contribution in [0, 0.1) is 0 Å². The summed E-state index contributed by atoms with van der Waals surface area (Å²) in [6.07, 6.45) is 6.72. The molecule has 1 amide bonds. The van der Waals surface area contributed by atoms with Gasteiger partial charge in [0.05, 0.1) is 10.6 Å². The van der Waals surface area contributed by atoms with Crippen LogP contribution in [0.5, 0.6) is 0 Å². The van der Waals surface area contributed by atoms with E-state index in [4.69, 9.17) is 0 Å². The van der Waals surface area contributed by atoms with E-state index in [-0.39, 0.29) is 5.91 Å². The first-order valence-corrected chi connectivity index (χ1v) is 10.5. The number of amides is 1. The molecule has 1 fully saturated rings. The van der Waals surface area contributed by atoms with Crippen molar-refractivity contribution < 1.29 is 4.79 Å². The van der Waals surface area contributed by atoms with Crippen molar-refractivity contribution >= 4 is 33.7 Å². The summed E-state index contributed by atoms with van der Waals surface area (Å²) < 4.78 is 0. The van der Waals surface area contributed by atoms with Crippen LogP contribution in [0.15, 0.2) is 47.2 Å². The summed E-state index contributed by atoms with van der Waals surface area (Å²) in [6.45, 7) is 0. The fraction of sp³-hybridized carbons (Fsp3) is 0.300. The van der Waals surface area contributed by atoms with E-state index in [1.807, 2.05) is 22.9 Å². The summed E-state index contributed by atoms with van der Waals surface area (Å²) in [5.74, 6) is 0.627. The Bertz CT molecular complexity index is 831. The van der Waals surface area contributed by atoms with Crippen LogP contribution in [0.2, 0.25) is 0 Å². The van der Waals surface area contributed by atoms with Gasteiger partial charge in [-0.3, -0.25) is 10.1 Å². The zero-order valence-electron chi connectivity index (χ0n) is 13.9. The summed E-state index contributed by atoms with van der Waals surface area (Å²) in [4.78, 5) is 17.4. The van der Waals surface area contributed by atoms with Gasteiger partial charge in [-0.1, -0.05) is 49.6 Å². The van der Waals surface area contributed by atoms with Gasteiger partial charge >= 0.3 is 0 Å². The third-order valence-corrected chi connectivity index (χ3v) is 6.38. The first kappa shape index (κ1) is 16.5. The Morgan fingerprint density at radius 3 is 2.56 bits per heavy atom. The second kappa shape index (κ2) is 7.50. The average Bonchev–Trinajstić information content (AvgIpc) is 3.35. The topological polar surface area (TPSA) is 42.0 Å². The van der Waals surface area contributed by atoms with Gasteiger partial charge < -0.3 is 0 Å². The van der Waals surface area contributed by atoms with Gasteiger partial charge in [-0.15, -0.1) is 22.7 Å². The van der Waals surface area contributed by atoms with Crippen LogP contribution in [-0.2, 0) is 0 Å². The van der Waals surface area contributed by atoms with E-state index in [2.05, 4.69) is 34.6 Å². The number of thiophene rings is 1. The van der Waals surface area contributed by atoms with Crippen molar-refractivity contribution in [2.45, 2.75) is 38.0 Å². The smallest absolute Gasteiger partial charge is 0.267 e. The van der Waals surface area contributed by atoms with Crippen molar-refractivity contribution in [3.05, 3.63) is 57.6 Å². The van der Waals surface area contributed by atoms with Crippen molar-refractivity contribution in [3.8, 4) is 11.3 Å². The van der Waals surface area contributed by atoms with Crippen molar-refractivity contribution in [1.82, 2.24) is 4.98 Å². The molecule has 1 aromatic carbocycles. The van der Waals surface area contributed by atoms with E-state index in [1.54, 1.807) is 0 Å². The van der Waals surface area contributed by atoms with Crippen molar-refractivity contribution in [3.63, 3.8) is 0 Å². The second-order valence-electron chi connectivity index (χ2n) is 6.43. The van der Waals surface area contributed by atoms with Crippen LogP contribution < -0.4 is 5.32 Å². The number of benzene rings is 1. The molecule has 128 valence electrons. The first-order chi connectivity index (χ1) is 12.3. The van der Waals surface area contributed by atoms with E-state index < -0.39 is 0 Å². The lowest BCUT2D eigenvalue weighted by molar-refractivity contribution is 0.103. The summed E-state index contributed by atoms with van der Waals surface area (Å²) in [5, 5.41) is 7.42. The SMILES string of the molecule is O=C(Nc1nc(-c2ccc(C3CCCCC3)cc2)cs1)c1cccs1. The predicted molar refractivity (Wildman–Crippen MR) is 106 cm³/mol. The molecular weight excluding hydrogens is 348 g/mol. The van der Waals surface area contributed by atoms with Crippen LogP contribution >= 0.6 is 22.7 Å². The summed E-state index contributed by atoms with van der Waals surface area (Å²) in [5.41, 5.74) is 3.47. The van der Waals surface area contributed by atoms with Crippen LogP contribution in [0.1, 0.15) is 53.3 Å². The van der Waals surface area contributed by atoms with Crippen molar-refractivity contribution in [2.75, 3.05) is 5.32 Å². The third kappa shape index (κ3) is 3.83. The lowest BCUT2D eigenvalue weighted by Gasteiger charge is -2.22. The molecule has 0 radical (unpaired) electrons. The molecule has 1 aliphatic rings. The number of anilines is 1. The van der Waals surface area contributed by atoms with Gasteiger partial charge in [-0.05, 0) is 35.8 Å². The highest BCUT2D eigenvalue weighted by Crippen LogP contribution is 2.34. The molecule has 1 aliphatic carbocycles. The Morgan fingerprint density at radius 1 is 1.04 bits per heavy atom. The molecule has 0 aliphatic heterocycles. The number of hydrogen-bond donors (Lipinski definition) is 1. The highest BCUT2D eigenvalue weighted by molar-refractivity contribution is 7.14. The maximum Gasteiger partial charge on any atom is 0.267 e. The first-order valence-electron chi connectivity index (χ1n) is 8.70. The van der Waals surface area contributed by atoms with Gasteiger partial charge in [0.1, 0.15) is 0 Å². The number of thiazole rings is 1. The minimum absolute atomic E-state index is 0.0939.